The lowest BCUT2D eigenvalue weighted by Crippen LogP contribution is -2.51. The highest BCUT2D eigenvalue weighted by atomic mass is 16.4. The molecule has 25 heavy (non-hydrogen) atoms. The van der Waals surface area contributed by atoms with Crippen molar-refractivity contribution < 1.29 is 24.6 Å². The van der Waals surface area contributed by atoms with E-state index in [1.807, 2.05) is 12.1 Å². The van der Waals surface area contributed by atoms with Crippen molar-refractivity contribution in [2.24, 2.45) is 5.92 Å². The van der Waals surface area contributed by atoms with Crippen LogP contribution < -0.4 is 4.90 Å². The summed E-state index contributed by atoms with van der Waals surface area (Å²) in [5.74, 6) is -1.19. The number of carboxylic acids is 1. The van der Waals surface area contributed by atoms with Gasteiger partial charge in [-0.15, -0.1) is 0 Å². The number of carbonyl (C=O) groups is 3. The molecule has 2 amide bonds. The molecule has 7 heteroatoms. The lowest BCUT2D eigenvalue weighted by Gasteiger charge is -2.45. The summed E-state index contributed by atoms with van der Waals surface area (Å²) in [5, 5.41) is 18.5. The van der Waals surface area contributed by atoms with Gasteiger partial charge in [0.25, 0.3) is 0 Å². The molecule has 1 saturated carbocycles. The molecule has 0 bridgehead atoms. The molecule has 0 saturated heterocycles. The van der Waals surface area contributed by atoms with Crippen molar-refractivity contribution in [3.63, 3.8) is 0 Å². The number of aliphatic carboxylic acids is 1. The Kier molecular flexibility index (Phi) is 4.65. The minimum absolute atomic E-state index is 0.0322. The monoisotopic (exact) mass is 346 g/mol. The van der Waals surface area contributed by atoms with E-state index in [0.717, 1.165) is 24.8 Å². The molecule has 7 nitrogen and oxygen atoms in total. The highest BCUT2D eigenvalue weighted by Gasteiger charge is 2.47. The maximum Gasteiger partial charge on any atom is 0.412 e. The highest BCUT2D eigenvalue weighted by molar-refractivity contribution is 5.89. The Bertz CT molecular complexity index is 704. The first-order valence-electron chi connectivity index (χ1n) is 8.50. The Morgan fingerprint density at radius 3 is 2.56 bits per heavy atom. The summed E-state index contributed by atoms with van der Waals surface area (Å²) >= 11 is 0. The van der Waals surface area contributed by atoms with Gasteiger partial charge in [-0.1, -0.05) is 24.6 Å². The number of hydrogen-bond donors (Lipinski definition) is 2. The van der Waals surface area contributed by atoms with Crippen LogP contribution in [0.15, 0.2) is 24.3 Å². The fraction of sp³-hybridized carbons (Fsp3) is 0.500. The minimum Gasteiger partial charge on any atom is -0.481 e. The van der Waals surface area contributed by atoms with Gasteiger partial charge in [0, 0.05) is 25.4 Å². The summed E-state index contributed by atoms with van der Waals surface area (Å²) in [4.78, 5) is 38.1. The van der Waals surface area contributed by atoms with Gasteiger partial charge in [0.2, 0.25) is 5.91 Å². The second kappa shape index (κ2) is 6.74. The average Bonchev–Trinajstić information content (AvgIpc) is 3.04. The van der Waals surface area contributed by atoms with Gasteiger partial charge < -0.3 is 15.1 Å². The average molecular weight is 346 g/mol. The normalized spacial score (nSPS) is 24.4. The van der Waals surface area contributed by atoms with Gasteiger partial charge in [-0.05, 0) is 24.5 Å². The second-order valence-corrected chi connectivity index (χ2v) is 6.72. The van der Waals surface area contributed by atoms with E-state index in [9.17, 15) is 19.5 Å². The third-order valence-corrected chi connectivity index (χ3v) is 5.35. The van der Waals surface area contributed by atoms with Crippen LogP contribution >= 0.6 is 0 Å². The predicted molar refractivity (Wildman–Crippen MR) is 90.5 cm³/mol. The largest absolute Gasteiger partial charge is 0.481 e. The number of hydrogen-bond acceptors (Lipinski definition) is 3. The topological polar surface area (TPSA) is 98.2 Å². The molecule has 1 aliphatic heterocycles. The molecule has 1 aromatic carbocycles. The van der Waals surface area contributed by atoms with E-state index in [2.05, 4.69) is 0 Å². The Morgan fingerprint density at radius 1 is 1.16 bits per heavy atom. The molecule has 1 fully saturated rings. The molecule has 134 valence electrons. The van der Waals surface area contributed by atoms with Crippen molar-refractivity contribution in [2.75, 3.05) is 11.9 Å². The van der Waals surface area contributed by atoms with Crippen molar-refractivity contribution in [3.05, 3.63) is 29.8 Å². The molecule has 2 N–H and O–H groups in total. The van der Waals surface area contributed by atoms with Crippen LogP contribution in [0.1, 0.15) is 43.7 Å². The molecule has 3 unspecified atom stereocenters. The second-order valence-electron chi connectivity index (χ2n) is 6.72. The predicted octanol–water partition coefficient (Wildman–Crippen LogP) is 2.72. The number of carbonyl (C=O) groups excluding carboxylic acids is 1. The summed E-state index contributed by atoms with van der Waals surface area (Å²) < 4.78 is 0. The highest BCUT2D eigenvalue weighted by Crippen LogP contribution is 2.49. The van der Waals surface area contributed by atoms with E-state index < -0.39 is 12.1 Å². The molecule has 1 aliphatic carbocycles. The number of rotatable bonds is 4. The summed E-state index contributed by atoms with van der Waals surface area (Å²) in [6.07, 6.45) is 1.32. The van der Waals surface area contributed by atoms with Crippen LogP contribution in [0, 0.1) is 5.92 Å². The van der Waals surface area contributed by atoms with Crippen LogP contribution in [-0.2, 0) is 9.59 Å². The fourth-order valence-electron chi connectivity index (χ4n) is 4.31. The number of fused-ring (bicyclic) bond motifs is 2. The van der Waals surface area contributed by atoms with Crippen LogP contribution in [0.2, 0.25) is 0 Å². The van der Waals surface area contributed by atoms with Gasteiger partial charge >= 0.3 is 12.1 Å². The molecule has 0 aromatic heterocycles. The van der Waals surface area contributed by atoms with Gasteiger partial charge in [-0.2, -0.15) is 0 Å². The maximum atomic E-state index is 12.5. The van der Waals surface area contributed by atoms with Crippen molar-refractivity contribution in [1.82, 2.24) is 4.90 Å². The molecule has 1 heterocycles. The third kappa shape index (κ3) is 3.06. The quantitative estimate of drug-likeness (QED) is 0.873. The lowest BCUT2D eigenvalue weighted by atomic mass is 9.82. The van der Waals surface area contributed by atoms with Crippen LogP contribution in [0.3, 0.4) is 0 Å². The first-order valence-corrected chi connectivity index (χ1v) is 8.50. The summed E-state index contributed by atoms with van der Waals surface area (Å²) in [6, 6.07) is 6.92. The Labute approximate surface area is 145 Å². The Hall–Kier alpha value is -2.57. The molecule has 1 aromatic rings. The Balaban J connectivity index is 1.97. The third-order valence-electron chi connectivity index (χ3n) is 5.35. The molecule has 2 aliphatic rings. The zero-order valence-corrected chi connectivity index (χ0v) is 14.1. The van der Waals surface area contributed by atoms with Gasteiger partial charge in [-0.3, -0.25) is 14.5 Å². The van der Waals surface area contributed by atoms with Crippen molar-refractivity contribution in [3.8, 4) is 0 Å². The molecular formula is C18H22N2O5. The smallest absolute Gasteiger partial charge is 0.412 e. The van der Waals surface area contributed by atoms with E-state index in [1.54, 1.807) is 24.1 Å². The van der Waals surface area contributed by atoms with Gasteiger partial charge in [0.1, 0.15) is 0 Å². The number of anilines is 1. The van der Waals surface area contributed by atoms with Gasteiger partial charge in [0.15, 0.2) is 0 Å². The van der Waals surface area contributed by atoms with Crippen molar-refractivity contribution in [1.29, 1.82) is 0 Å². The number of carboxylic acid groups (broad SMARTS) is 2. The van der Waals surface area contributed by atoms with E-state index in [1.165, 1.54) is 4.90 Å². The molecule has 0 radical (unpaired) electrons. The maximum absolute atomic E-state index is 12.5. The van der Waals surface area contributed by atoms with Crippen molar-refractivity contribution in [2.45, 2.75) is 44.2 Å². The Morgan fingerprint density at radius 2 is 1.88 bits per heavy atom. The first kappa shape index (κ1) is 17.3. The molecule has 3 atom stereocenters. The van der Waals surface area contributed by atoms with E-state index in [4.69, 9.17) is 5.11 Å². The number of amides is 2. The summed E-state index contributed by atoms with van der Waals surface area (Å²) in [7, 11) is 1.69. The summed E-state index contributed by atoms with van der Waals surface area (Å²) in [5.41, 5.74) is 1.44. The molecular weight excluding hydrogens is 324 g/mol. The number of para-hydroxylation sites is 1. The lowest BCUT2D eigenvalue weighted by molar-refractivity contribution is -0.141. The minimum atomic E-state index is -0.999. The van der Waals surface area contributed by atoms with Gasteiger partial charge in [-0.25, -0.2) is 4.79 Å². The van der Waals surface area contributed by atoms with Crippen molar-refractivity contribution >= 4 is 23.7 Å². The SMILES string of the molecule is CN(C(=O)CCC(=O)O)C1c2ccccc2N(C(=O)O)C2CCCC12. The summed E-state index contributed by atoms with van der Waals surface area (Å²) in [6.45, 7) is 0. The zero-order valence-electron chi connectivity index (χ0n) is 14.1. The zero-order chi connectivity index (χ0) is 18.1. The van der Waals surface area contributed by atoms with E-state index in [0.29, 0.717) is 5.69 Å². The van der Waals surface area contributed by atoms with E-state index >= 15 is 0 Å². The number of nitrogens with zero attached hydrogens (tertiary/aromatic N) is 2. The first-order chi connectivity index (χ1) is 11.9. The van der Waals surface area contributed by atoms with Crippen LogP contribution in [0.25, 0.3) is 0 Å². The molecule has 0 spiro atoms. The number of benzene rings is 1. The van der Waals surface area contributed by atoms with E-state index in [-0.39, 0.29) is 36.8 Å². The standard InChI is InChI=1S/C18H22N2O5/c1-19(15(21)9-10-16(22)23)17-11-5-2-3-7-13(11)20(18(24)25)14-8-4-6-12(14)17/h2-3,5,7,12,14,17H,4,6,8-10H2,1H3,(H,22,23)(H,24,25). The fourth-order valence-corrected chi connectivity index (χ4v) is 4.31. The van der Waals surface area contributed by atoms with Crippen LogP contribution in [-0.4, -0.2) is 46.2 Å². The molecule has 3 rings (SSSR count). The van der Waals surface area contributed by atoms with Crippen LogP contribution in [0.4, 0.5) is 10.5 Å². The van der Waals surface area contributed by atoms with Gasteiger partial charge in [0.05, 0.1) is 18.2 Å². The van der Waals surface area contributed by atoms with Crippen LogP contribution in [0.5, 0.6) is 0 Å².